The van der Waals surface area contributed by atoms with Crippen LogP contribution in [0.25, 0.3) is 0 Å². The van der Waals surface area contributed by atoms with E-state index in [1.54, 1.807) is 12.1 Å². The maximum atomic E-state index is 14.2. The van der Waals surface area contributed by atoms with Gasteiger partial charge < -0.3 is 18.9 Å². The molecule has 34 heavy (non-hydrogen) atoms. The highest BCUT2D eigenvalue weighted by molar-refractivity contribution is 7.92. The Bertz CT molecular complexity index is 1120. The monoisotopic (exact) mass is 484 g/mol. The first-order valence-electron chi connectivity index (χ1n) is 12.1. The normalized spacial score (nSPS) is 27.9. The van der Waals surface area contributed by atoms with E-state index >= 15 is 0 Å². The number of nitrogens with one attached hydrogen (secondary N) is 1. The molecule has 6 rings (SSSR count). The molecule has 0 radical (unpaired) electrons. The standard InChI is InChI=1S/C26H29FN2O4S/c1-32-26(30)24-22(6-5-18-20-11-16(20)14-33-25(18)24)28-34(31)23-7-4-17(27)12-21(23)19-10-15(19)13-29-8-2-3-9-29/h4-7,12,15-16,19-20,28H,2-3,8-11,13-14H2,1H3/t15?,16-,19?,20-,34?/m0/s1. The largest absolute Gasteiger partial charge is 0.588 e. The van der Waals surface area contributed by atoms with Crippen molar-refractivity contribution in [1.82, 2.24) is 4.90 Å². The van der Waals surface area contributed by atoms with Crippen molar-refractivity contribution in [3.8, 4) is 5.75 Å². The van der Waals surface area contributed by atoms with Crippen LogP contribution in [0.3, 0.4) is 0 Å². The van der Waals surface area contributed by atoms with E-state index in [1.807, 2.05) is 6.07 Å². The Morgan fingerprint density at radius 3 is 2.82 bits per heavy atom. The van der Waals surface area contributed by atoms with Crippen LogP contribution in [-0.2, 0) is 16.1 Å². The number of anilines is 1. The molecule has 1 saturated heterocycles. The molecule has 2 aromatic carbocycles. The number of hydrogen-bond acceptors (Lipinski definition) is 6. The molecule has 2 heterocycles. The highest BCUT2D eigenvalue weighted by atomic mass is 32.2. The number of methoxy groups -OCH3 is 1. The fourth-order valence-corrected chi connectivity index (χ4v) is 6.79. The number of carbonyl (C=O) groups excluding carboxylic acids is 1. The zero-order chi connectivity index (χ0) is 23.4. The van der Waals surface area contributed by atoms with Crippen LogP contribution >= 0.6 is 0 Å². The van der Waals surface area contributed by atoms with Gasteiger partial charge in [-0.05, 0) is 86.4 Å². The van der Waals surface area contributed by atoms with Gasteiger partial charge in [0.1, 0.15) is 34.2 Å². The van der Waals surface area contributed by atoms with Gasteiger partial charge >= 0.3 is 5.97 Å². The van der Waals surface area contributed by atoms with Gasteiger partial charge in [-0.25, -0.2) is 13.9 Å². The first kappa shape index (κ1) is 22.2. The van der Waals surface area contributed by atoms with Crippen LogP contribution in [0, 0.1) is 17.7 Å². The molecule has 6 nitrogen and oxygen atoms in total. The molecule has 1 N–H and O–H groups in total. The van der Waals surface area contributed by atoms with Crippen molar-refractivity contribution in [3.05, 3.63) is 52.8 Å². The number of esters is 1. The molecule has 3 unspecified atom stereocenters. The fourth-order valence-electron chi connectivity index (χ4n) is 5.70. The predicted molar refractivity (Wildman–Crippen MR) is 127 cm³/mol. The number of rotatable bonds is 7. The second-order valence-corrected chi connectivity index (χ2v) is 11.2. The molecule has 5 atom stereocenters. The molecule has 180 valence electrons. The van der Waals surface area contributed by atoms with Gasteiger partial charge in [-0.3, -0.25) is 0 Å². The lowest BCUT2D eigenvalue weighted by Gasteiger charge is -2.22. The van der Waals surface area contributed by atoms with Crippen LogP contribution in [0.15, 0.2) is 35.2 Å². The minimum absolute atomic E-state index is 0.204. The SMILES string of the molecule is COC(=O)c1c(N[S+]([O-])c2ccc(F)cc2C2CC2CN2CCCC2)ccc2c1OC[C@@H]1C[C@H]21. The van der Waals surface area contributed by atoms with E-state index in [9.17, 15) is 13.7 Å². The second-order valence-electron chi connectivity index (χ2n) is 9.97. The molecule has 0 bridgehead atoms. The molecule has 2 aliphatic heterocycles. The molecule has 2 aromatic rings. The maximum absolute atomic E-state index is 14.2. The zero-order valence-corrected chi connectivity index (χ0v) is 20.0. The first-order valence-corrected chi connectivity index (χ1v) is 13.3. The summed E-state index contributed by atoms with van der Waals surface area (Å²) in [5.41, 5.74) is 2.49. The Hall–Kier alpha value is -2.29. The van der Waals surface area contributed by atoms with Gasteiger partial charge in [0.25, 0.3) is 0 Å². The van der Waals surface area contributed by atoms with E-state index in [0.29, 0.717) is 40.7 Å². The van der Waals surface area contributed by atoms with Crippen LogP contribution in [-0.4, -0.2) is 48.8 Å². The third-order valence-corrected chi connectivity index (χ3v) is 8.91. The number of fused-ring (bicyclic) bond motifs is 3. The molecular formula is C26H29FN2O4S. The molecule has 4 aliphatic rings. The average Bonchev–Trinajstić information content (AvgIpc) is 3.73. The van der Waals surface area contributed by atoms with E-state index in [2.05, 4.69) is 9.62 Å². The minimum atomic E-state index is -1.68. The topological polar surface area (TPSA) is 73.9 Å². The van der Waals surface area contributed by atoms with E-state index in [4.69, 9.17) is 9.47 Å². The summed E-state index contributed by atoms with van der Waals surface area (Å²) in [6.07, 6.45) is 4.52. The summed E-state index contributed by atoms with van der Waals surface area (Å²) in [7, 11) is 1.33. The Kier molecular flexibility index (Phi) is 5.70. The van der Waals surface area contributed by atoms with Crippen molar-refractivity contribution in [3.63, 3.8) is 0 Å². The quantitative estimate of drug-likeness (QED) is 0.463. The molecule has 2 aliphatic carbocycles. The van der Waals surface area contributed by atoms with Crippen molar-refractivity contribution in [2.45, 2.75) is 42.4 Å². The van der Waals surface area contributed by atoms with Gasteiger partial charge in [0.2, 0.25) is 0 Å². The average molecular weight is 485 g/mol. The molecule has 0 spiro atoms. The Labute approximate surface area is 202 Å². The molecule has 3 fully saturated rings. The summed E-state index contributed by atoms with van der Waals surface area (Å²) in [5, 5.41) is 0. The zero-order valence-electron chi connectivity index (χ0n) is 19.2. The van der Waals surface area contributed by atoms with Gasteiger partial charge in [-0.1, -0.05) is 6.07 Å². The molecule has 8 heteroatoms. The van der Waals surface area contributed by atoms with Crippen LogP contribution in [0.2, 0.25) is 0 Å². The molecule has 0 amide bonds. The Morgan fingerprint density at radius 1 is 1.21 bits per heavy atom. The summed E-state index contributed by atoms with van der Waals surface area (Å²) < 4.78 is 41.7. The van der Waals surface area contributed by atoms with Crippen molar-refractivity contribution in [2.24, 2.45) is 11.8 Å². The Balaban J connectivity index is 1.26. The summed E-state index contributed by atoms with van der Waals surface area (Å²) >= 11 is -1.68. The first-order chi connectivity index (χ1) is 16.5. The summed E-state index contributed by atoms with van der Waals surface area (Å²) in [6.45, 7) is 3.85. The molecule has 0 aromatic heterocycles. The number of halogens is 1. The smallest absolute Gasteiger partial charge is 0.343 e. The lowest BCUT2D eigenvalue weighted by atomic mass is 10.0. The van der Waals surface area contributed by atoms with E-state index in [-0.39, 0.29) is 17.3 Å². The van der Waals surface area contributed by atoms with Gasteiger partial charge in [-0.2, -0.15) is 0 Å². The summed E-state index contributed by atoms with van der Waals surface area (Å²) in [6, 6.07) is 8.20. The number of ether oxygens (including phenoxy) is 2. The van der Waals surface area contributed by atoms with Crippen molar-refractivity contribution < 1.29 is 23.2 Å². The molecule has 2 saturated carbocycles. The number of hydrogen-bond donors (Lipinski definition) is 1. The summed E-state index contributed by atoms with van der Waals surface area (Å²) in [4.78, 5) is 15.7. The van der Waals surface area contributed by atoms with Crippen LogP contribution < -0.4 is 9.46 Å². The highest BCUT2D eigenvalue weighted by Gasteiger charge is 2.46. The fraction of sp³-hybridized carbons (Fsp3) is 0.500. The number of benzene rings is 2. The third-order valence-electron chi connectivity index (χ3n) is 7.73. The second kappa shape index (κ2) is 8.73. The van der Waals surface area contributed by atoms with Crippen molar-refractivity contribution in [2.75, 3.05) is 38.1 Å². The van der Waals surface area contributed by atoms with Gasteiger partial charge in [0, 0.05) is 18.0 Å². The summed E-state index contributed by atoms with van der Waals surface area (Å²) in [5.74, 6) is 1.28. The maximum Gasteiger partial charge on any atom is 0.343 e. The number of likely N-dealkylation sites (tertiary alicyclic amines) is 1. The van der Waals surface area contributed by atoms with Crippen molar-refractivity contribution >= 4 is 23.0 Å². The number of nitrogens with zero attached hydrogens (tertiary/aromatic N) is 1. The lowest BCUT2D eigenvalue weighted by Crippen LogP contribution is -2.22. The highest BCUT2D eigenvalue weighted by Crippen LogP contribution is 2.55. The molecular weight excluding hydrogens is 455 g/mol. The minimum Gasteiger partial charge on any atom is -0.588 e. The van der Waals surface area contributed by atoms with Gasteiger partial charge in [0.15, 0.2) is 4.90 Å². The Morgan fingerprint density at radius 2 is 2.03 bits per heavy atom. The van der Waals surface area contributed by atoms with Gasteiger partial charge in [-0.15, -0.1) is 0 Å². The van der Waals surface area contributed by atoms with Crippen LogP contribution in [0.5, 0.6) is 5.75 Å². The van der Waals surface area contributed by atoms with Crippen LogP contribution in [0.4, 0.5) is 10.1 Å². The number of carbonyl (C=O) groups is 1. The van der Waals surface area contributed by atoms with E-state index in [1.165, 1.54) is 32.1 Å². The van der Waals surface area contributed by atoms with Crippen molar-refractivity contribution in [1.29, 1.82) is 0 Å². The van der Waals surface area contributed by atoms with Crippen LogP contribution in [0.1, 0.15) is 59.0 Å². The van der Waals surface area contributed by atoms with Gasteiger partial charge in [0.05, 0.1) is 13.7 Å². The lowest BCUT2D eigenvalue weighted by molar-refractivity contribution is 0.0596. The predicted octanol–water partition coefficient (Wildman–Crippen LogP) is 4.44. The third kappa shape index (κ3) is 4.06. The van der Waals surface area contributed by atoms with E-state index in [0.717, 1.165) is 43.6 Å². The van der Waals surface area contributed by atoms with E-state index < -0.39 is 17.3 Å².